The molecule has 1 fully saturated rings. The van der Waals surface area contributed by atoms with E-state index in [-0.39, 0.29) is 11.4 Å². The SMILES string of the molecule is CCC1(CC)CCN(S(=O)(=O)c2cccnc2CN)CC1. The van der Waals surface area contributed by atoms with Crippen LogP contribution in [0.5, 0.6) is 0 Å². The molecule has 5 nitrogen and oxygen atoms in total. The fraction of sp³-hybridized carbons (Fsp3) is 0.667. The molecule has 0 spiro atoms. The van der Waals surface area contributed by atoms with Gasteiger partial charge in [0.15, 0.2) is 0 Å². The predicted molar refractivity (Wildman–Crippen MR) is 83.1 cm³/mol. The number of hydrogen-bond donors (Lipinski definition) is 1. The molecule has 6 heteroatoms. The molecule has 0 amide bonds. The molecular formula is C15H25N3O2S. The van der Waals surface area contributed by atoms with Crippen molar-refractivity contribution >= 4 is 10.0 Å². The molecule has 1 aromatic rings. The third-order valence-corrected chi connectivity index (χ3v) is 6.92. The first-order valence-corrected chi connectivity index (χ1v) is 9.07. The Bertz CT molecular complexity index is 572. The number of piperidine rings is 1. The third kappa shape index (κ3) is 3.12. The molecule has 1 aliphatic rings. The van der Waals surface area contributed by atoms with Crippen molar-refractivity contribution in [2.45, 2.75) is 51.0 Å². The first-order chi connectivity index (χ1) is 9.99. The molecule has 0 aliphatic carbocycles. The van der Waals surface area contributed by atoms with E-state index >= 15 is 0 Å². The van der Waals surface area contributed by atoms with Gasteiger partial charge in [-0.25, -0.2) is 8.42 Å². The summed E-state index contributed by atoms with van der Waals surface area (Å²) in [6.07, 6.45) is 5.65. The van der Waals surface area contributed by atoms with Crippen molar-refractivity contribution in [3.05, 3.63) is 24.0 Å². The standard InChI is InChI=1S/C15H25N3O2S/c1-3-15(4-2)7-10-18(11-8-15)21(19,20)14-6-5-9-17-13(14)12-16/h5-6,9H,3-4,7-8,10-12,16H2,1-2H3. The largest absolute Gasteiger partial charge is 0.325 e. The van der Waals surface area contributed by atoms with Crippen molar-refractivity contribution in [1.82, 2.24) is 9.29 Å². The number of aromatic nitrogens is 1. The second kappa shape index (κ2) is 6.42. The summed E-state index contributed by atoms with van der Waals surface area (Å²) < 4.78 is 27.2. The molecule has 2 rings (SSSR count). The Morgan fingerprint density at radius 3 is 2.43 bits per heavy atom. The van der Waals surface area contributed by atoms with Gasteiger partial charge >= 0.3 is 0 Å². The van der Waals surface area contributed by atoms with E-state index in [2.05, 4.69) is 18.8 Å². The van der Waals surface area contributed by atoms with Gasteiger partial charge in [-0.15, -0.1) is 0 Å². The van der Waals surface area contributed by atoms with Crippen LogP contribution in [0.4, 0.5) is 0 Å². The summed E-state index contributed by atoms with van der Waals surface area (Å²) in [6, 6.07) is 3.25. The molecule has 2 N–H and O–H groups in total. The van der Waals surface area contributed by atoms with Crippen LogP contribution < -0.4 is 5.73 Å². The minimum Gasteiger partial charge on any atom is -0.325 e. The van der Waals surface area contributed by atoms with Crippen LogP contribution in [0.1, 0.15) is 45.2 Å². The smallest absolute Gasteiger partial charge is 0.244 e. The minimum atomic E-state index is -3.48. The fourth-order valence-electron chi connectivity index (χ4n) is 3.11. The summed E-state index contributed by atoms with van der Waals surface area (Å²) in [5.74, 6) is 0. The Morgan fingerprint density at radius 1 is 1.29 bits per heavy atom. The predicted octanol–water partition coefficient (Wildman–Crippen LogP) is 2.13. The summed E-state index contributed by atoms with van der Waals surface area (Å²) in [5, 5.41) is 0. The highest BCUT2D eigenvalue weighted by atomic mass is 32.2. The zero-order valence-corrected chi connectivity index (χ0v) is 13.7. The molecule has 1 saturated heterocycles. The Hall–Kier alpha value is -0.980. The number of rotatable bonds is 5. The monoisotopic (exact) mass is 311 g/mol. The molecule has 21 heavy (non-hydrogen) atoms. The maximum atomic E-state index is 12.8. The summed E-state index contributed by atoms with van der Waals surface area (Å²) in [6.45, 7) is 5.70. The maximum Gasteiger partial charge on any atom is 0.244 e. The fourth-order valence-corrected chi connectivity index (χ4v) is 4.73. The highest BCUT2D eigenvalue weighted by Gasteiger charge is 2.36. The first kappa shape index (κ1) is 16.4. The van der Waals surface area contributed by atoms with E-state index in [1.807, 2.05) is 0 Å². The molecule has 2 heterocycles. The Kier molecular flexibility index (Phi) is 5.01. The van der Waals surface area contributed by atoms with Crippen LogP contribution in [0.3, 0.4) is 0 Å². The van der Waals surface area contributed by atoms with Gasteiger partial charge in [0, 0.05) is 25.8 Å². The quantitative estimate of drug-likeness (QED) is 0.904. The average molecular weight is 311 g/mol. The molecule has 0 saturated carbocycles. The van der Waals surface area contributed by atoms with E-state index in [0.717, 1.165) is 25.7 Å². The van der Waals surface area contributed by atoms with Crippen LogP contribution in [-0.4, -0.2) is 30.8 Å². The summed E-state index contributed by atoms with van der Waals surface area (Å²) >= 11 is 0. The Balaban J connectivity index is 2.23. The van der Waals surface area contributed by atoms with Crippen LogP contribution in [0.15, 0.2) is 23.2 Å². The van der Waals surface area contributed by atoms with Crippen molar-refractivity contribution in [2.24, 2.45) is 11.1 Å². The van der Waals surface area contributed by atoms with Gasteiger partial charge in [0.1, 0.15) is 4.90 Å². The van der Waals surface area contributed by atoms with Crippen LogP contribution in [0.25, 0.3) is 0 Å². The Morgan fingerprint density at radius 2 is 1.90 bits per heavy atom. The van der Waals surface area contributed by atoms with Gasteiger partial charge < -0.3 is 5.73 Å². The van der Waals surface area contributed by atoms with Gasteiger partial charge in [0.05, 0.1) is 5.69 Å². The lowest BCUT2D eigenvalue weighted by atomic mass is 9.75. The highest BCUT2D eigenvalue weighted by Crippen LogP contribution is 2.39. The second-order valence-corrected chi connectivity index (χ2v) is 7.67. The van der Waals surface area contributed by atoms with Crippen molar-refractivity contribution in [2.75, 3.05) is 13.1 Å². The molecule has 118 valence electrons. The minimum absolute atomic E-state index is 0.136. The van der Waals surface area contributed by atoms with Gasteiger partial charge in [-0.1, -0.05) is 26.7 Å². The highest BCUT2D eigenvalue weighted by molar-refractivity contribution is 7.89. The molecule has 0 unspecified atom stereocenters. The topological polar surface area (TPSA) is 76.3 Å². The van der Waals surface area contributed by atoms with E-state index in [0.29, 0.717) is 24.2 Å². The van der Waals surface area contributed by atoms with E-state index in [1.165, 1.54) is 0 Å². The van der Waals surface area contributed by atoms with E-state index < -0.39 is 10.0 Å². The zero-order chi connectivity index (χ0) is 15.5. The molecular weight excluding hydrogens is 286 g/mol. The molecule has 0 radical (unpaired) electrons. The molecule has 0 aromatic carbocycles. The van der Waals surface area contributed by atoms with Gasteiger partial charge in [-0.05, 0) is 30.4 Å². The number of nitrogens with zero attached hydrogens (tertiary/aromatic N) is 2. The van der Waals surface area contributed by atoms with Gasteiger partial charge in [0.25, 0.3) is 0 Å². The Labute approximate surface area is 127 Å². The van der Waals surface area contributed by atoms with E-state index in [1.54, 1.807) is 22.6 Å². The summed E-state index contributed by atoms with van der Waals surface area (Å²) in [7, 11) is -3.48. The van der Waals surface area contributed by atoms with Gasteiger partial charge in [0.2, 0.25) is 10.0 Å². The first-order valence-electron chi connectivity index (χ1n) is 7.63. The maximum absolute atomic E-state index is 12.8. The lowest BCUT2D eigenvalue weighted by molar-refractivity contribution is 0.141. The summed E-state index contributed by atoms with van der Waals surface area (Å²) in [5.41, 5.74) is 6.37. The second-order valence-electron chi connectivity index (χ2n) is 5.76. The lowest BCUT2D eigenvalue weighted by Gasteiger charge is -2.40. The third-order valence-electron chi connectivity index (χ3n) is 4.94. The number of pyridine rings is 1. The molecule has 1 aliphatic heterocycles. The van der Waals surface area contributed by atoms with E-state index in [4.69, 9.17) is 5.73 Å². The lowest BCUT2D eigenvalue weighted by Crippen LogP contribution is -2.43. The van der Waals surface area contributed by atoms with Crippen molar-refractivity contribution in [3.63, 3.8) is 0 Å². The van der Waals surface area contributed by atoms with Crippen LogP contribution in [0.2, 0.25) is 0 Å². The number of nitrogens with two attached hydrogens (primary N) is 1. The summed E-state index contributed by atoms with van der Waals surface area (Å²) in [4.78, 5) is 4.35. The van der Waals surface area contributed by atoms with E-state index in [9.17, 15) is 8.42 Å². The molecule has 0 bridgehead atoms. The van der Waals surface area contributed by atoms with Crippen LogP contribution >= 0.6 is 0 Å². The molecule has 0 atom stereocenters. The zero-order valence-electron chi connectivity index (χ0n) is 12.9. The van der Waals surface area contributed by atoms with Gasteiger partial charge in [-0.3, -0.25) is 4.98 Å². The number of sulfonamides is 1. The normalized spacial score (nSPS) is 19.6. The van der Waals surface area contributed by atoms with Crippen molar-refractivity contribution < 1.29 is 8.42 Å². The number of hydrogen-bond acceptors (Lipinski definition) is 4. The molecule has 1 aromatic heterocycles. The van der Waals surface area contributed by atoms with Crippen LogP contribution in [0, 0.1) is 5.41 Å². The van der Waals surface area contributed by atoms with Crippen molar-refractivity contribution in [3.8, 4) is 0 Å². The average Bonchev–Trinajstić information content (AvgIpc) is 2.54. The van der Waals surface area contributed by atoms with Gasteiger partial charge in [-0.2, -0.15) is 4.31 Å². The van der Waals surface area contributed by atoms with Crippen LogP contribution in [-0.2, 0) is 16.6 Å². The van der Waals surface area contributed by atoms with Crippen molar-refractivity contribution in [1.29, 1.82) is 0 Å².